The summed E-state index contributed by atoms with van der Waals surface area (Å²) in [4.78, 5) is 12.9. The van der Waals surface area contributed by atoms with Crippen molar-refractivity contribution in [2.45, 2.75) is 25.6 Å². The fourth-order valence-corrected chi connectivity index (χ4v) is 3.69. The van der Waals surface area contributed by atoms with Crippen LogP contribution in [-0.4, -0.2) is 25.2 Å². The highest BCUT2D eigenvalue weighted by molar-refractivity contribution is 6.31. The van der Waals surface area contributed by atoms with E-state index in [-0.39, 0.29) is 18.6 Å². The van der Waals surface area contributed by atoms with Crippen molar-refractivity contribution in [3.05, 3.63) is 88.4 Å². The smallest absolute Gasteiger partial charge is 0.255 e. The monoisotopic (exact) mass is 462 g/mol. The summed E-state index contributed by atoms with van der Waals surface area (Å²) in [6.45, 7) is 1.39. The van der Waals surface area contributed by atoms with Crippen LogP contribution in [0.2, 0.25) is 5.02 Å². The molecule has 0 radical (unpaired) electrons. The van der Waals surface area contributed by atoms with Crippen molar-refractivity contribution in [3.8, 4) is 17.6 Å². The number of ether oxygens (including phenoxy) is 3. The van der Waals surface area contributed by atoms with Crippen LogP contribution in [-0.2, 0) is 11.3 Å². The molecule has 1 fully saturated rings. The molecule has 33 heavy (non-hydrogen) atoms. The van der Waals surface area contributed by atoms with Gasteiger partial charge in [-0.15, -0.1) is 0 Å². The summed E-state index contributed by atoms with van der Waals surface area (Å²) in [6, 6.07) is 21.4. The first kappa shape index (κ1) is 22.7. The Morgan fingerprint density at radius 2 is 2.00 bits per heavy atom. The number of carbonyl (C=O) groups is 1. The Bertz CT molecular complexity index is 1170. The summed E-state index contributed by atoms with van der Waals surface area (Å²) >= 11 is 6.15. The van der Waals surface area contributed by atoms with Gasteiger partial charge in [-0.25, -0.2) is 0 Å². The molecular weight excluding hydrogens is 440 g/mol. The van der Waals surface area contributed by atoms with Crippen molar-refractivity contribution in [3.63, 3.8) is 0 Å². The second-order valence-corrected chi connectivity index (χ2v) is 8.06. The minimum atomic E-state index is -0.317. The molecule has 1 aliphatic heterocycles. The molecule has 1 heterocycles. The summed E-state index contributed by atoms with van der Waals surface area (Å²) in [5, 5.41) is 12.6. The molecule has 0 bridgehead atoms. The van der Waals surface area contributed by atoms with Gasteiger partial charge >= 0.3 is 0 Å². The summed E-state index contributed by atoms with van der Waals surface area (Å²) < 4.78 is 17.3. The molecule has 0 saturated carbocycles. The zero-order valence-electron chi connectivity index (χ0n) is 17.9. The van der Waals surface area contributed by atoms with Gasteiger partial charge in [0.2, 0.25) is 0 Å². The lowest BCUT2D eigenvalue weighted by Crippen LogP contribution is -2.18. The quantitative estimate of drug-likeness (QED) is 0.471. The molecule has 7 heteroatoms. The molecule has 168 valence electrons. The number of amides is 1. The highest BCUT2D eigenvalue weighted by Gasteiger charge is 2.18. The lowest BCUT2D eigenvalue weighted by molar-refractivity contribution is 0.0682. The maximum Gasteiger partial charge on any atom is 0.255 e. The first-order chi connectivity index (χ1) is 16.1. The van der Waals surface area contributed by atoms with Crippen LogP contribution in [0.1, 0.15) is 34.3 Å². The standard InChI is InChI=1S/C26H23ClN2O4/c27-21-10-11-25(33-17-23-9-4-12-31-23)24(14-21)29-26(30)18-7-3-8-22(13-18)32-16-20-6-2-1-5-19(20)15-28/h1-3,5-8,10-11,13-14,23H,4,9,12,16-17H2,(H,29,30). The van der Waals surface area contributed by atoms with Gasteiger partial charge in [0.05, 0.1) is 23.4 Å². The predicted molar refractivity (Wildman–Crippen MR) is 126 cm³/mol. The number of nitriles is 1. The summed E-state index contributed by atoms with van der Waals surface area (Å²) in [5.74, 6) is 0.738. The molecule has 6 nitrogen and oxygen atoms in total. The zero-order chi connectivity index (χ0) is 23.0. The molecule has 0 aromatic heterocycles. The number of nitrogens with one attached hydrogen (secondary N) is 1. The van der Waals surface area contributed by atoms with Crippen molar-refractivity contribution in [1.82, 2.24) is 0 Å². The van der Waals surface area contributed by atoms with Crippen LogP contribution in [0.15, 0.2) is 66.7 Å². The van der Waals surface area contributed by atoms with E-state index in [1.807, 2.05) is 18.2 Å². The van der Waals surface area contributed by atoms with Gasteiger partial charge in [0.25, 0.3) is 5.91 Å². The largest absolute Gasteiger partial charge is 0.489 e. The minimum absolute atomic E-state index is 0.0595. The van der Waals surface area contributed by atoms with Crippen LogP contribution < -0.4 is 14.8 Å². The van der Waals surface area contributed by atoms with Gasteiger partial charge in [-0.2, -0.15) is 5.26 Å². The predicted octanol–water partition coefficient (Wildman–Crippen LogP) is 5.60. The molecule has 0 aliphatic carbocycles. The number of rotatable bonds is 8. The normalized spacial score (nSPS) is 15.0. The van der Waals surface area contributed by atoms with Crippen LogP contribution in [0.3, 0.4) is 0 Å². The zero-order valence-corrected chi connectivity index (χ0v) is 18.7. The molecule has 1 amide bonds. The number of hydrogen-bond acceptors (Lipinski definition) is 5. The summed E-state index contributed by atoms with van der Waals surface area (Å²) in [7, 11) is 0. The van der Waals surface area contributed by atoms with Gasteiger partial charge in [-0.1, -0.05) is 35.9 Å². The number of nitrogens with zero attached hydrogens (tertiary/aromatic N) is 1. The van der Waals surface area contributed by atoms with E-state index in [2.05, 4.69) is 11.4 Å². The Hall–Kier alpha value is -3.53. The second-order valence-electron chi connectivity index (χ2n) is 7.63. The fourth-order valence-electron chi connectivity index (χ4n) is 3.52. The minimum Gasteiger partial charge on any atom is -0.489 e. The van der Waals surface area contributed by atoms with E-state index >= 15 is 0 Å². The lowest BCUT2D eigenvalue weighted by atomic mass is 10.1. The number of anilines is 1. The van der Waals surface area contributed by atoms with Crippen LogP contribution in [0.4, 0.5) is 5.69 Å². The van der Waals surface area contributed by atoms with E-state index in [1.54, 1.807) is 48.5 Å². The van der Waals surface area contributed by atoms with Crippen molar-refractivity contribution in [2.24, 2.45) is 0 Å². The Morgan fingerprint density at radius 1 is 1.12 bits per heavy atom. The highest BCUT2D eigenvalue weighted by Crippen LogP contribution is 2.29. The van der Waals surface area contributed by atoms with Gasteiger partial charge in [-0.05, 0) is 55.3 Å². The molecule has 0 spiro atoms. The topological polar surface area (TPSA) is 80.6 Å². The molecule has 3 aromatic rings. The van der Waals surface area contributed by atoms with E-state index in [0.29, 0.717) is 39.9 Å². The molecule has 1 aliphatic rings. The van der Waals surface area contributed by atoms with E-state index in [4.69, 9.17) is 25.8 Å². The maximum absolute atomic E-state index is 12.9. The van der Waals surface area contributed by atoms with Crippen LogP contribution in [0.25, 0.3) is 0 Å². The summed E-state index contributed by atoms with van der Waals surface area (Å²) in [6.07, 6.45) is 2.05. The van der Waals surface area contributed by atoms with Crippen LogP contribution >= 0.6 is 11.6 Å². The molecule has 1 saturated heterocycles. The van der Waals surface area contributed by atoms with Gasteiger partial charge < -0.3 is 19.5 Å². The SMILES string of the molecule is N#Cc1ccccc1COc1cccc(C(=O)Nc2cc(Cl)ccc2OCC2CCCO2)c1. The molecule has 1 N–H and O–H groups in total. The van der Waals surface area contributed by atoms with Gasteiger partial charge in [0.15, 0.2) is 0 Å². The third kappa shape index (κ3) is 6.04. The third-order valence-corrected chi connectivity index (χ3v) is 5.50. The Labute approximate surface area is 197 Å². The van der Waals surface area contributed by atoms with Gasteiger partial charge in [0.1, 0.15) is 24.7 Å². The summed E-state index contributed by atoms with van der Waals surface area (Å²) in [5.41, 5.74) is 2.25. The van der Waals surface area contributed by atoms with Crippen molar-refractivity contribution < 1.29 is 19.0 Å². The Kier molecular flexibility index (Phi) is 7.46. The van der Waals surface area contributed by atoms with Crippen molar-refractivity contribution in [1.29, 1.82) is 5.26 Å². The van der Waals surface area contributed by atoms with E-state index in [9.17, 15) is 10.1 Å². The molecule has 3 aromatic carbocycles. The fraction of sp³-hybridized carbons (Fsp3) is 0.231. The number of halogens is 1. The lowest BCUT2D eigenvalue weighted by Gasteiger charge is -2.16. The van der Waals surface area contributed by atoms with E-state index in [0.717, 1.165) is 25.0 Å². The second kappa shape index (κ2) is 10.9. The number of carbonyl (C=O) groups excluding carboxylic acids is 1. The molecule has 1 unspecified atom stereocenters. The third-order valence-electron chi connectivity index (χ3n) is 5.27. The number of benzene rings is 3. The first-order valence-electron chi connectivity index (χ1n) is 10.7. The van der Waals surface area contributed by atoms with Crippen LogP contribution in [0, 0.1) is 11.3 Å². The van der Waals surface area contributed by atoms with Crippen LogP contribution in [0.5, 0.6) is 11.5 Å². The molecule has 4 rings (SSSR count). The van der Waals surface area contributed by atoms with Crippen molar-refractivity contribution in [2.75, 3.05) is 18.5 Å². The number of hydrogen-bond donors (Lipinski definition) is 1. The molecular formula is C26H23ClN2O4. The van der Waals surface area contributed by atoms with E-state index in [1.165, 1.54) is 0 Å². The Balaban J connectivity index is 1.43. The van der Waals surface area contributed by atoms with Crippen molar-refractivity contribution >= 4 is 23.2 Å². The van der Waals surface area contributed by atoms with E-state index < -0.39 is 0 Å². The maximum atomic E-state index is 12.9. The first-order valence-corrected chi connectivity index (χ1v) is 11.1. The molecule has 1 atom stereocenters. The average Bonchev–Trinajstić information content (AvgIpc) is 3.36. The van der Waals surface area contributed by atoms with Gasteiger partial charge in [0, 0.05) is 22.8 Å². The Morgan fingerprint density at radius 3 is 2.82 bits per heavy atom. The van der Waals surface area contributed by atoms with Gasteiger partial charge in [-0.3, -0.25) is 4.79 Å². The average molecular weight is 463 g/mol. The highest BCUT2D eigenvalue weighted by atomic mass is 35.5.